The summed E-state index contributed by atoms with van der Waals surface area (Å²) in [5, 5.41) is 3.28. The number of halogens is 3. The van der Waals surface area contributed by atoms with Gasteiger partial charge in [-0.2, -0.15) is 13.2 Å². The molecule has 2 aliphatic rings. The van der Waals surface area contributed by atoms with Gasteiger partial charge in [-0.3, -0.25) is 4.79 Å². The first-order valence-electron chi connectivity index (χ1n) is 11.3. The summed E-state index contributed by atoms with van der Waals surface area (Å²) < 4.78 is 39.1. The van der Waals surface area contributed by atoms with E-state index in [1.807, 2.05) is 19.1 Å². The summed E-state index contributed by atoms with van der Waals surface area (Å²) in [5.41, 5.74) is 1.91. The van der Waals surface area contributed by atoms with Gasteiger partial charge in [0, 0.05) is 24.2 Å². The lowest BCUT2D eigenvalue weighted by Gasteiger charge is -2.34. The molecule has 2 fully saturated rings. The van der Waals surface area contributed by atoms with Crippen LogP contribution < -0.4 is 5.32 Å². The molecule has 3 aromatic rings. The molecule has 1 aliphatic carbocycles. The molecular weight excluding hydrogens is 481 g/mol. The van der Waals surface area contributed by atoms with E-state index in [0.29, 0.717) is 17.3 Å². The SMILES string of the molecule is Cc1cc(Nc2nccc(C(F)(F)F)n2)cc(-c2sc(C=O)nc2C2CCC3(CCOO3)CC2)c1. The van der Waals surface area contributed by atoms with Crippen molar-refractivity contribution >= 4 is 29.3 Å². The number of carbonyl (C=O) groups excluding carboxylic acids is 1. The maximum absolute atomic E-state index is 13.0. The average Bonchev–Trinajstić information content (AvgIpc) is 3.46. The van der Waals surface area contributed by atoms with Gasteiger partial charge in [0.05, 0.1) is 17.2 Å². The lowest BCUT2D eigenvalue weighted by molar-refractivity contribution is -0.314. The highest BCUT2D eigenvalue weighted by Gasteiger charge is 2.42. The largest absolute Gasteiger partial charge is 0.433 e. The highest BCUT2D eigenvalue weighted by Crippen LogP contribution is 2.47. The summed E-state index contributed by atoms with van der Waals surface area (Å²) in [6.07, 6.45) is 1.60. The predicted molar refractivity (Wildman–Crippen MR) is 124 cm³/mol. The second-order valence-corrected chi connectivity index (χ2v) is 10.0. The van der Waals surface area contributed by atoms with Gasteiger partial charge in [-0.05, 0) is 61.9 Å². The molecule has 0 unspecified atom stereocenters. The first-order chi connectivity index (χ1) is 16.7. The number of carbonyl (C=O) groups is 1. The number of aromatic nitrogens is 3. The number of rotatable bonds is 5. The van der Waals surface area contributed by atoms with Crippen LogP contribution in [0.1, 0.15) is 64.8 Å². The molecule has 1 aromatic carbocycles. The summed E-state index contributed by atoms with van der Waals surface area (Å²) in [5.74, 6) is 0.0272. The molecule has 1 saturated heterocycles. The zero-order valence-corrected chi connectivity index (χ0v) is 19.7. The fourth-order valence-electron chi connectivity index (χ4n) is 4.76. The molecule has 7 nitrogen and oxygen atoms in total. The van der Waals surface area contributed by atoms with Crippen LogP contribution in [0, 0.1) is 6.92 Å². The third kappa shape index (κ3) is 5.07. The Kier molecular flexibility index (Phi) is 6.32. The van der Waals surface area contributed by atoms with E-state index in [1.165, 1.54) is 11.3 Å². The van der Waals surface area contributed by atoms with Crippen LogP contribution in [0.5, 0.6) is 0 Å². The van der Waals surface area contributed by atoms with Crippen molar-refractivity contribution < 1.29 is 27.7 Å². The smallest absolute Gasteiger partial charge is 0.324 e. The normalized spacial score (nSPS) is 22.5. The van der Waals surface area contributed by atoms with Crippen LogP contribution in [-0.2, 0) is 16.0 Å². The van der Waals surface area contributed by atoms with E-state index < -0.39 is 11.9 Å². The average molecular weight is 505 g/mol. The van der Waals surface area contributed by atoms with Crippen LogP contribution >= 0.6 is 11.3 Å². The summed E-state index contributed by atoms with van der Waals surface area (Å²) >= 11 is 1.32. The van der Waals surface area contributed by atoms with Gasteiger partial charge >= 0.3 is 6.18 Å². The van der Waals surface area contributed by atoms with Gasteiger partial charge in [-0.25, -0.2) is 24.7 Å². The Hall–Kier alpha value is -2.89. The molecule has 184 valence electrons. The summed E-state index contributed by atoms with van der Waals surface area (Å²) in [6, 6.07) is 6.42. The van der Waals surface area contributed by atoms with Crippen molar-refractivity contribution in [1.82, 2.24) is 15.0 Å². The Bertz CT molecular complexity index is 1230. The summed E-state index contributed by atoms with van der Waals surface area (Å²) in [4.78, 5) is 35.3. The van der Waals surface area contributed by atoms with Gasteiger partial charge in [0.25, 0.3) is 0 Å². The van der Waals surface area contributed by atoms with Crippen LogP contribution in [0.4, 0.5) is 24.8 Å². The zero-order valence-electron chi connectivity index (χ0n) is 18.9. The van der Waals surface area contributed by atoms with E-state index in [1.54, 1.807) is 6.07 Å². The second-order valence-electron chi connectivity index (χ2n) is 8.97. The fraction of sp³-hybridized carbons (Fsp3) is 0.417. The Morgan fingerprint density at radius 2 is 1.97 bits per heavy atom. The third-order valence-corrected chi connectivity index (χ3v) is 7.52. The highest BCUT2D eigenvalue weighted by atomic mass is 32.1. The van der Waals surface area contributed by atoms with Gasteiger partial charge < -0.3 is 5.32 Å². The monoisotopic (exact) mass is 504 g/mol. The minimum absolute atomic E-state index is 0.147. The Labute approximate surface area is 203 Å². The number of aldehydes is 1. The molecule has 35 heavy (non-hydrogen) atoms. The molecular formula is C24H23F3N4O3S. The van der Waals surface area contributed by atoms with Gasteiger partial charge in [0.15, 0.2) is 11.3 Å². The number of nitrogens with one attached hydrogen (secondary N) is 1. The number of anilines is 2. The standard InChI is InChI=1S/C24H23F3N4O3S/c1-14-10-16(12-17(11-14)29-22-28-8-4-18(30-22)24(25,26)27)21-20(31-19(13-32)35-21)15-2-5-23(6-3-15)7-9-33-34-23/h4,8,10-13,15H,2-3,5-7,9H2,1H3,(H,28,29,30). The lowest BCUT2D eigenvalue weighted by Crippen LogP contribution is -2.32. The predicted octanol–water partition coefficient (Wildman–Crippen LogP) is 6.23. The van der Waals surface area contributed by atoms with Crippen molar-refractivity contribution in [3.8, 4) is 10.4 Å². The van der Waals surface area contributed by atoms with Gasteiger partial charge in [-0.1, -0.05) is 6.07 Å². The van der Waals surface area contributed by atoms with Gasteiger partial charge in [-0.15, -0.1) is 11.3 Å². The lowest BCUT2D eigenvalue weighted by atomic mass is 9.76. The molecule has 2 aromatic heterocycles. The molecule has 1 N–H and O–H groups in total. The second kappa shape index (κ2) is 9.29. The molecule has 1 aliphatic heterocycles. The van der Waals surface area contributed by atoms with Crippen molar-refractivity contribution in [2.75, 3.05) is 11.9 Å². The van der Waals surface area contributed by atoms with E-state index in [2.05, 4.69) is 20.3 Å². The van der Waals surface area contributed by atoms with Crippen molar-refractivity contribution in [1.29, 1.82) is 0 Å². The summed E-state index contributed by atoms with van der Waals surface area (Å²) in [7, 11) is 0. The molecule has 0 radical (unpaired) electrons. The maximum atomic E-state index is 13.0. The van der Waals surface area contributed by atoms with Crippen molar-refractivity contribution in [2.24, 2.45) is 0 Å². The first kappa shape index (κ1) is 23.8. The Morgan fingerprint density at radius 1 is 1.17 bits per heavy atom. The number of hydrogen-bond acceptors (Lipinski definition) is 8. The van der Waals surface area contributed by atoms with Crippen LogP contribution in [-0.4, -0.2) is 33.4 Å². The fourth-order valence-corrected chi connectivity index (χ4v) is 5.72. The molecule has 0 bridgehead atoms. The number of thiazole rings is 1. The quantitative estimate of drug-likeness (QED) is 0.326. The molecule has 11 heteroatoms. The van der Waals surface area contributed by atoms with E-state index >= 15 is 0 Å². The van der Waals surface area contributed by atoms with Crippen LogP contribution in [0.3, 0.4) is 0 Å². The van der Waals surface area contributed by atoms with E-state index in [4.69, 9.17) is 9.78 Å². The maximum Gasteiger partial charge on any atom is 0.433 e. The topological polar surface area (TPSA) is 86.2 Å². The minimum atomic E-state index is -4.56. The first-order valence-corrected chi connectivity index (χ1v) is 12.1. The third-order valence-electron chi connectivity index (χ3n) is 6.47. The Morgan fingerprint density at radius 3 is 2.66 bits per heavy atom. The number of nitrogens with zero attached hydrogens (tertiary/aromatic N) is 3. The van der Waals surface area contributed by atoms with Crippen LogP contribution in [0.2, 0.25) is 0 Å². The van der Waals surface area contributed by atoms with Gasteiger partial charge in [0.1, 0.15) is 11.3 Å². The number of hydrogen-bond donors (Lipinski definition) is 1. The van der Waals surface area contributed by atoms with Crippen LogP contribution in [0.25, 0.3) is 10.4 Å². The van der Waals surface area contributed by atoms with Crippen molar-refractivity contribution in [3.63, 3.8) is 0 Å². The highest BCUT2D eigenvalue weighted by molar-refractivity contribution is 7.16. The number of aryl methyl sites for hydroxylation is 1. The molecule has 1 spiro atoms. The molecule has 0 amide bonds. The summed E-state index contributed by atoms with van der Waals surface area (Å²) in [6.45, 7) is 2.50. The zero-order chi connectivity index (χ0) is 24.6. The van der Waals surface area contributed by atoms with E-state index in [0.717, 1.165) is 72.4 Å². The molecule has 1 saturated carbocycles. The minimum Gasteiger partial charge on any atom is -0.324 e. The molecule has 3 heterocycles. The number of alkyl halides is 3. The van der Waals surface area contributed by atoms with Crippen molar-refractivity contribution in [2.45, 2.75) is 56.7 Å². The molecule has 0 atom stereocenters. The van der Waals surface area contributed by atoms with Gasteiger partial charge in [0.2, 0.25) is 5.95 Å². The van der Waals surface area contributed by atoms with Crippen molar-refractivity contribution in [3.05, 3.63) is 52.4 Å². The van der Waals surface area contributed by atoms with E-state index in [-0.39, 0.29) is 17.5 Å². The number of benzene rings is 1. The van der Waals surface area contributed by atoms with E-state index in [9.17, 15) is 18.0 Å². The van der Waals surface area contributed by atoms with Crippen LogP contribution in [0.15, 0.2) is 30.5 Å². The molecule has 5 rings (SSSR count). The Balaban J connectivity index is 1.44.